The molecular weight excluding hydrogens is 398 g/mol. The summed E-state index contributed by atoms with van der Waals surface area (Å²) in [6.07, 6.45) is 7.40. The summed E-state index contributed by atoms with van der Waals surface area (Å²) in [4.78, 5) is 30.3. The number of pyridine rings is 1. The van der Waals surface area contributed by atoms with Gasteiger partial charge in [0.15, 0.2) is 0 Å². The molecule has 1 unspecified atom stereocenters. The maximum absolute atomic E-state index is 12.4. The molecule has 0 aromatic carbocycles. The first-order valence-corrected chi connectivity index (χ1v) is 10.5. The van der Waals surface area contributed by atoms with E-state index in [0.29, 0.717) is 24.3 Å². The molecule has 0 radical (unpaired) electrons. The smallest absolute Gasteiger partial charge is 0.410 e. The number of likely N-dealkylation sites (tertiary alicyclic amines) is 1. The molecule has 2 aromatic rings. The van der Waals surface area contributed by atoms with Gasteiger partial charge >= 0.3 is 12.1 Å². The summed E-state index contributed by atoms with van der Waals surface area (Å²) in [5, 5.41) is 7.93. The summed E-state index contributed by atoms with van der Waals surface area (Å²) in [5.41, 5.74) is 2.08. The molecule has 1 fully saturated rings. The zero-order chi connectivity index (χ0) is 22.6. The van der Waals surface area contributed by atoms with Crippen LogP contribution in [0.15, 0.2) is 24.7 Å². The quantitative estimate of drug-likeness (QED) is 0.731. The van der Waals surface area contributed by atoms with Crippen molar-refractivity contribution in [3.8, 4) is 0 Å². The van der Waals surface area contributed by atoms with Gasteiger partial charge in [0.05, 0.1) is 42.0 Å². The molecule has 3 heterocycles. The number of aromatic nitrogens is 3. The predicted molar refractivity (Wildman–Crippen MR) is 117 cm³/mol. The van der Waals surface area contributed by atoms with Crippen LogP contribution < -0.4 is 5.32 Å². The van der Waals surface area contributed by atoms with Crippen LogP contribution in [0.25, 0.3) is 0 Å². The van der Waals surface area contributed by atoms with E-state index in [9.17, 15) is 9.59 Å². The van der Waals surface area contributed by atoms with Gasteiger partial charge in [0.25, 0.3) is 0 Å². The van der Waals surface area contributed by atoms with E-state index in [1.165, 1.54) is 7.11 Å². The van der Waals surface area contributed by atoms with Crippen molar-refractivity contribution in [3.63, 3.8) is 0 Å². The lowest BCUT2D eigenvalue weighted by molar-refractivity contribution is 0.0255. The number of nitrogens with zero attached hydrogens (tertiary/aromatic N) is 4. The van der Waals surface area contributed by atoms with Gasteiger partial charge < -0.3 is 19.7 Å². The topological polar surface area (TPSA) is 98.6 Å². The fraction of sp³-hybridized carbons (Fsp3) is 0.545. The minimum atomic E-state index is -0.502. The Labute approximate surface area is 182 Å². The van der Waals surface area contributed by atoms with Gasteiger partial charge in [-0.25, -0.2) is 9.59 Å². The maximum Gasteiger partial charge on any atom is 0.410 e. The molecule has 1 aliphatic rings. The number of aryl methyl sites for hydroxylation is 1. The van der Waals surface area contributed by atoms with Gasteiger partial charge in [-0.05, 0) is 53.0 Å². The molecule has 9 heteroatoms. The van der Waals surface area contributed by atoms with Crippen LogP contribution in [0.5, 0.6) is 0 Å². The summed E-state index contributed by atoms with van der Waals surface area (Å²) in [6.45, 7) is 8.84. The Kier molecular flexibility index (Phi) is 6.82. The lowest BCUT2D eigenvalue weighted by atomic mass is 10.1. The minimum Gasteiger partial charge on any atom is -0.465 e. The van der Waals surface area contributed by atoms with Crippen LogP contribution in [-0.2, 0) is 9.47 Å². The van der Waals surface area contributed by atoms with E-state index in [0.717, 1.165) is 30.6 Å². The second-order valence-electron chi connectivity index (χ2n) is 8.70. The highest BCUT2D eigenvalue weighted by Gasteiger charge is 2.26. The van der Waals surface area contributed by atoms with Gasteiger partial charge in [0.2, 0.25) is 0 Å². The molecule has 9 nitrogen and oxygen atoms in total. The van der Waals surface area contributed by atoms with E-state index in [2.05, 4.69) is 15.4 Å². The van der Waals surface area contributed by atoms with Crippen LogP contribution in [0, 0.1) is 6.92 Å². The Morgan fingerprint density at radius 2 is 1.97 bits per heavy atom. The average Bonchev–Trinajstić information content (AvgIpc) is 2.92. The number of hydrogen-bond acceptors (Lipinski definition) is 7. The molecule has 31 heavy (non-hydrogen) atoms. The molecule has 3 rings (SSSR count). The van der Waals surface area contributed by atoms with Crippen LogP contribution in [0.1, 0.15) is 62.1 Å². The third-order valence-electron chi connectivity index (χ3n) is 5.14. The molecule has 2 aromatic heterocycles. The number of anilines is 2. The summed E-state index contributed by atoms with van der Waals surface area (Å²) < 4.78 is 12.3. The first-order valence-electron chi connectivity index (χ1n) is 10.5. The van der Waals surface area contributed by atoms with E-state index in [1.54, 1.807) is 23.4 Å². The molecule has 0 saturated carbocycles. The Hall–Kier alpha value is -3.10. The third-order valence-corrected chi connectivity index (χ3v) is 5.14. The standard InChI is InChI=1S/C22H31N5O4/c1-15-19(24-18-13-23-10-8-17(18)20(28)30-5)14-27(25-15)16-7-6-11-26(12-9-16)21(29)31-22(2,3)4/h8,10,13-14,16,24H,6-7,9,11-12H2,1-5H3. The van der Waals surface area contributed by atoms with Crippen molar-refractivity contribution in [1.82, 2.24) is 19.7 Å². The van der Waals surface area contributed by atoms with E-state index in [4.69, 9.17) is 9.47 Å². The number of carbonyl (C=O) groups excluding carboxylic acids is 2. The summed E-state index contributed by atoms with van der Waals surface area (Å²) >= 11 is 0. The molecule has 0 spiro atoms. The zero-order valence-corrected chi connectivity index (χ0v) is 18.8. The fourth-order valence-corrected chi connectivity index (χ4v) is 3.57. The Morgan fingerprint density at radius 3 is 2.68 bits per heavy atom. The molecule has 1 amide bonds. The second-order valence-corrected chi connectivity index (χ2v) is 8.70. The second kappa shape index (κ2) is 9.36. The van der Waals surface area contributed by atoms with Gasteiger partial charge in [0.1, 0.15) is 5.60 Å². The molecule has 1 saturated heterocycles. The van der Waals surface area contributed by atoms with E-state index >= 15 is 0 Å². The highest BCUT2D eigenvalue weighted by Crippen LogP contribution is 2.28. The molecule has 1 atom stereocenters. The fourth-order valence-electron chi connectivity index (χ4n) is 3.57. The molecule has 1 aliphatic heterocycles. The van der Waals surface area contributed by atoms with Crippen LogP contribution in [0.3, 0.4) is 0 Å². The van der Waals surface area contributed by atoms with E-state index in [1.807, 2.05) is 38.6 Å². The lowest BCUT2D eigenvalue weighted by Crippen LogP contribution is -2.37. The van der Waals surface area contributed by atoms with E-state index in [-0.39, 0.29) is 12.1 Å². The van der Waals surface area contributed by atoms with Crippen LogP contribution in [0.4, 0.5) is 16.2 Å². The van der Waals surface area contributed by atoms with Crippen molar-refractivity contribution >= 4 is 23.4 Å². The van der Waals surface area contributed by atoms with Gasteiger partial charge in [-0.2, -0.15) is 5.10 Å². The van der Waals surface area contributed by atoms with E-state index < -0.39 is 11.6 Å². The van der Waals surface area contributed by atoms with Gasteiger partial charge in [-0.15, -0.1) is 0 Å². The molecule has 168 valence electrons. The van der Waals surface area contributed by atoms with Crippen molar-refractivity contribution in [2.24, 2.45) is 0 Å². The highest BCUT2D eigenvalue weighted by atomic mass is 16.6. The minimum absolute atomic E-state index is 0.177. The summed E-state index contributed by atoms with van der Waals surface area (Å²) in [5.74, 6) is -0.430. The zero-order valence-electron chi connectivity index (χ0n) is 18.8. The van der Waals surface area contributed by atoms with Gasteiger partial charge in [-0.1, -0.05) is 0 Å². The van der Waals surface area contributed by atoms with Gasteiger partial charge in [0, 0.05) is 25.5 Å². The molecule has 0 aliphatic carbocycles. The number of carbonyl (C=O) groups is 2. The largest absolute Gasteiger partial charge is 0.465 e. The van der Waals surface area contributed by atoms with Gasteiger partial charge in [-0.3, -0.25) is 9.67 Å². The van der Waals surface area contributed by atoms with Crippen molar-refractivity contribution in [1.29, 1.82) is 0 Å². The van der Waals surface area contributed by atoms with Crippen molar-refractivity contribution < 1.29 is 19.1 Å². The number of hydrogen-bond donors (Lipinski definition) is 1. The lowest BCUT2D eigenvalue weighted by Gasteiger charge is -2.26. The molecule has 0 bridgehead atoms. The first kappa shape index (κ1) is 22.6. The number of methoxy groups -OCH3 is 1. The number of ether oxygens (including phenoxy) is 2. The first-order chi connectivity index (χ1) is 14.7. The van der Waals surface area contributed by atoms with Crippen LogP contribution in [-0.4, -0.2) is 57.5 Å². The summed E-state index contributed by atoms with van der Waals surface area (Å²) in [7, 11) is 1.35. The maximum atomic E-state index is 12.4. The molecular formula is C22H31N5O4. The number of nitrogens with one attached hydrogen (secondary N) is 1. The monoisotopic (exact) mass is 429 g/mol. The van der Waals surface area contributed by atoms with Crippen LogP contribution >= 0.6 is 0 Å². The predicted octanol–water partition coefficient (Wildman–Crippen LogP) is 4.08. The Balaban J connectivity index is 1.70. The Morgan fingerprint density at radius 1 is 1.19 bits per heavy atom. The number of rotatable bonds is 4. The number of amides is 1. The van der Waals surface area contributed by atoms with Crippen molar-refractivity contribution in [2.45, 2.75) is 58.6 Å². The van der Waals surface area contributed by atoms with Crippen molar-refractivity contribution in [3.05, 3.63) is 35.9 Å². The molecule has 1 N–H and O–H groups in total. The summed E-state index contributed by atoms with van der Waals surface area (Å²) in [6, 6.07) is 1.79. The Bertz CT molecular complexity index is 934. The SMILES string of the molecule is COC(=O)c1ccncc1Nc1cn(C2CCCN(C(=O)OC(C)(C)C)CC2)nc1C. The van der Waals surface area contributed by atoms with Crippen molar-refractivity contribution in [2.75, 3.05) is 25.5 Å². The van der Waals surface area contributed by atoms with Crippen LogP contribution in [0.2, 0.25) is 0 Å². The average molecular weight is 430 g/mol. The number of esters is 1. The third kappa shape index (κ3) is 5.74. The normalized spacial score (nSPS) is 17.1. The highest BCUT2D eigenvalue weighted by molar-refractivity contribution is 5.96.